The summed E-state index contributed by atoms with van der Waals surface area (Å²) in [5, 5.41) is 0. The van der Waals surface area contributed by atoms with Gasteiger partial charge in [0.05, 0.1) is 0 Å². The lowest BCUT2D eigenvalue weighted by molar-refractivity contribution is 0.531. The summed E-state index contributed by atoms with van der Waals surface area (Å²) in [4.78, 5) is 0. The van der Waals surface area contributed by atoms with Gasteiger partial charge in [-0.3, -0.25) is 0 Å². The molecule has 0 aliphatic carbocycles. The lowest BCUT2D eigenvalue weighted by atomic mass is 10.1. The van der Waals surface area contributed by atoms with Crippen LogP contribution in [0.15, 0.2) is 0 Å². The molecular weight excluding hydrogens is 196 g/mol. The molecule has 0 aromatic heterocycles. The van der Waals surface area contributed by atoms with Crippen LogP contribution in [0.5, 0.6) is 0 Å². The van der Waals surface area contributed by atoms with Gasteiger partial charge in [-0.25, -0.2) is 0 Å². The first kappa shape index (κ1) is 15.2. The Labute approximate surface area is 100 Å². The summed E-state index contributed by atoms with van der Waals surface area (Å²) in [6.45, 7) is 9.52. The highest BCUT2D eigenvalue weighted by Crippen LogP contribution is 2.16. The normalized spacial score (nSPS) is 16.0. The van der Waals surface area contributed by atoms with E-state index in [1.165, 1.54) is 38.5 Å². The van der Waals surface area contributed by atoms with E-state index in [4.69, 9.17) is 0 Å². The highest BCUT2D eigenvalue weighted by molar-refractivity contribution is 6.35. The average Bonchev–Trinajstić information content (AvgIpc) is 2.23. The Morgan fingerprint density at radius 1 is 0.800 bits per heavy atom. The van der Waals surface area contributed by atoms with Crippen molar-refractivity contribution in [2.45, 2.75) is 78.3 Å². The summed E-state index contributed by atoms with van der Waals surface area (Å²) in [5.74, 6) is 2.05. The van der Waals surface area contributed by atoms with Crippen molar-refractivity contribution in [2.75, 3.05) is 0 Å². The highest BCUT2D eigenvalue weighted by Gasteiger charge is 2.05. The van der Waals surface area contributed by atoms with Crippen LogP contribution in [0, 0.1) is 11.8 Å². The lowest BCUT2D eigenvalue weighted by Gasteiger charge is -2.13. The van der Waals surface area contributed by atoms with Gasteiger partial charge in [-0.15, -0.1) is 0 Å². The summed E-state index contributed by atoms with van der Waals surface area (Å²) in [6, 6.07) is 3.19. The van der Waals surface area contributed by atoms with Gasteiger partial charge in [-0.1, -0.05) is 78.3 Å². The minimum absolute atomic E-state index is 0.260. The van der Waals surface area contributed by atoms with E-state index in [-0.39, 0.29) is 9.52 Å². The van der Waals surface area contributed by atoms with Crippen LogP contribution in [0.4, 0.5) is 0 Å². The minimum Gasteiger partial charge on any atom is -0.0654 e. The summed E-state index contributed by atoms with van der Waals surface area (Å²) < 4.78 is 0. The first-order valence-corrected chi connectivity index (χ1v) is 9.20. The van der Waals surface area contributed by atoms with Crippen molar-refractivity contribution in [1.82, 2.24) is 0 Å². The number of unbranched alkanes of at least 4 members (excludes halogenated alkanes) is 2. The Balaban J connectivity index is 3.27. The second kappa shape index (κ2) is 10.7. The third kappa shape index (κ3) is 10.5. The molecule has 0 heterocycles. The third-order valence-electron chi connectivity index (χ3n) is 3.49. The highest BCUT2D eigenvalue weighted by atomic mass is 28.2. The zero-order chi connectivity index (χ0) is 11.5. The first-order valence-electron chi connectivity index (χ1n) is 7.20. The first-order chi connectivity index (χ1) is 7.20. The van der Waals surface area contributed by atoms with E-state index >= 15 is 0 Å². The van der Waals surface area contributed by atoms with Gasteiger partial charge >= 0.3 is 0 Å². The Hall–Kier alpha value is 0.217. The maximum atomic E-state index is 2.46. The Morgan fingerprint density at radius 2 is 1.20 bits per heavy atom. The zero-order valence-electron chi connectivity index (χ0n) is 11.5. The van der Waals surface area contributed by atoms with Crippen molar-refractivity contribution in [3.63, 3.8) is 0 Å². The molecule has 0 saturated carbocycles. The summed E-state index contributed by atoms with van der Waals surface area (Å²) in [6.07, 6.45) is 8.60. The van der Waals surface area contributed by atoms with Crippen LogP contribution in [0.1, 0.15) is 66.2 Å². The zero-order valence-corrected chi connectivity index (χ0v) is 12.9. The van der Waals surface area contributed by atoms with Gasteiger partial charge in [0.25, 0.3) is 0 Å². The van der Waals surface area contributed by atoms with Crippen LogP contribution in [-0.4, -0.2) is 9.52 Å². The summed E-state index contributed by atoms with van der Waals surface area (Å²) in [7, 11) is 0.260. The molecular formula is C14H32Si. The van der Waals surface area contributed by atoms with E-state index in [0.717, 1.165) is 11.8 Å². The smallest absolute Gasteiger partial charge is 0.0203 e. The molecule has 2 unspecified atom stereocenters. The van der Waals surface area contributed by atoms with E-state index in [1.807, 2.05) is 0 Å². The standard InChI is InChI=1S/C14H32Si/c1-5-7-9-13(3)11-15-12-14(4)10-8-6-2/h13-14H,5-12,15H2,1-4H3. The van der Waals surface area contributed by atoms with Crippen LogP contribution < -0.4 is 0 Å². The van der Waals surface area contributed by atoms with Crippen LogP contribution >= 0.6 is 0 Å². The molecule has 0 rings (SSSR count). The SMILES string of the molecule is CCCCC(C)C[SiH2]CC(C)CCCC. The second-order valence-electron chi connectivity index (χ2n) is 5.43. The molecule has 15 heavy (non-hydrogen) atoms. The molecule has 0 aliphatic heterocycles. The fourth-order valence-corrected chi connectivity index (χ4v) is 4.42. The van der Waals surface area contributed by atoms with Crippen molar-refractivity contribution in [3.05, 3.63) is 0 Å². The molecule has 0 radical (unpaired) electrons. The summed E-state index contributed by atoms with van der Waals surface area (Å²) >= 11 is 0. The monoisotopic (exact) mass is 228 g/mol. The van der Waals surface area contributed by atoms with Crippen molar-refractivity contribution in [3.8, 4) is 0 Å². The molecule has 1 heteroatoms. The molecule has 2 atom stereocenters. The molecule has 92 valence electrons. The molecule has 0 N–H and O–H groups in total. The van der Waals surface area contributed by atoms with Crippen molar-refractivity contribution in [2.24, 2.45) is 11.8 Å². The quantitative estimate of drug-likeness (QED) is 0.478. The number of hydrogen-bond acceptors (Lipinski definition) is 0. The van der Waals surface area contributed by atoms with Gasteiger partial charge in [-0.2, -0.15) is 0 Å². The maximum absolute atomic E-state index is 2.46. The van der Waals surface area contributed by atoms with Gasteiger partial charge in [-0.05, 0) is 11.8 Å². The number of hydrogen-bond donors (Lipinski definition) is 0. The van der Waals surface area contributed by atoms with Gasteiger partial charge in [0.15, 0.2) is 0 Å². The predicted octanol–water partition coefficient (Wildman–Crippen LogP) is 4.64. The van der Waals surface area contributed by atoms with Gasteiger partial charge < -0.3 is 0 Å². The second-order valence-corrected chi connectivity index (χ2v) is 7.29. The van der Waals surface area contributed by atoms with Gasteiger partial charge in [0.2, 0.25) is 0 Å². The Bertz CT molecular complexity index is 109. The fraction of sp³-hybridized carbons (Fsp3) is 1.00. The van der Waals surface area contributed by atoms with Crippen LogP contribution in [0.25, 0.3) is 0 Å². The molecule has 0 nitrogen and oxygen atoms in total. The third-order valence-corrected chi connectivity index (χ3v) is 6.28. The van der Waals surface area contributed by atoms with Crippen LogP contribution in [0.3, 0.4) is 0 Å². The summed E-state index contributed by atoms with van der Waals surface area (Å²) in [5.41, 5.74) is 0. The van der Waals surface area contributed by atoms with Crippen LogP contribution in [-0.2, 0) is 0 Å². The fourth-order valence-electron chi connectivity index (χ4n) is 2.21. The van der Waals surface area contributed by atoms with Crippen molar-refractivity contribution in [1.29, 1.82) is 0 Å². The lowest BCUT2D eigenvalue weighted by Crippen LogP contribution is -2.04. The average molecular weight is 228 g/mol. The molecule has 0 spiro atoms. The Morgan fingerprint density at radius 3 is 1.53 bits per heavy atom. The van der Waals surface area contributed by atoms with E-state index < -0.39 is 0 Å². The van der Waals surface area contributed by atoms with E-state index in [1.54, 1.807) is 12.1 Å². The van der Waals surface area contributed by atoms with Crippen LogP contribution in [0.2, 0.25) is 12.1 Å². The molecule has 0 aromatic rings. The molecule has 0 aliphatic rings. The van der Waals surface area contributed by atoms with Crippen molar-refractivity contribution >= 4 is 9.52 Å². The molecule has 0 saturated heterocycles. The molecule has 0 fully saturated rings. The van der Waals surface area contributed by atoms with Crippen molar-refractivity contribution < 1.29 is 0 Å². The number of rotatable bonds is 10. The van der Waals surface area contributed by atoms with E-state index in [0.29, 0.717) is 0 Å². The van der Waals surface area contributed by atoms with Gasteiger partial charge in [0.1, 0.15) is 0 Å². The molecule has 0 amide bonds. The molecule has 0 bridgehead atoms. The van der Waals surface area contributed by atoms with E-state index in [2.05, 4.69) is 27.7 Å². The largest absolute Gasteiger partial charge is 0.0654 e. The topological polar surface area (TPSA) is 0 Å². The van der Waals surface area contributed by atoms with Gasteiger partial charge in [0, 0.05) is 9.52 Å². The van der Waals surface area contributed by atoms with E-state index in [9.17, 15) is 0 Å². The Kier molecular flexibility index (Phi) is 10.9. The molecule has 0 aromatic carbocycles. The maximum Gasteiger partial charge on any atom is 0.0203 e. The predicted molar refractivity (Wildman–Crippen MR) is 75.5 cm³/mol. The minimum atomic E-state index is 0.260.